The molecule has 1 aromatic rings. The molecule has 0 saturated carbocycles. The first-order valence-electron chi connectivity index (χ1n) is 6.46. The third-order valence-electron chi connectivity index (χ3n) is 3.32. The van der Waals surface area contributed by atoms with Gasteiger partial charge in [-0.3, -0.25) is 9.59 Å². The average Bonchev–Trinajstić information content (AvgIpc) is 2.86. The lowest BCUT2D eigenvalue weighted by Crippen LogP contribution is -2.25. The normalized spacial score (nSPS) is 16.4. The summed E-state index contributed by atoms with van der Waals surface area (Å²) in [6.07, 6.45) is 3.33. The van der Waals surface area contributed by atoms with E-state index in [4.69, 9.17) is 11.6 Å². The first kappa shape index (κ1) is 15.2. The predicted octanol–water partition coefficient (Wildman–Crippen LogP) is 3.16. The number of halogens is 1. The van der Waals surface area contributed by atoms with Gasteiger partial charge in [-0.05, 0) is 37.8 Å². The molecular formula is C14H17ClN2O2S. The van der Waals surface area contributed by atoms with E-state index >= 15 is 0 Å². The molecule has 2 amide bonds. The van der Waals surface area contributed by atoms with Gasteiger partial charge in [0.25, 0.3) is 0 Å². The summed E-state index contributed by atoms with van der Waals surface area (Å²) in [4.78, 5) is 25.4. The maximum atomic E-state index is 11.9. The van der Waals surface area contributed by atoms with Crippen molar-refractivity contribution in [1.82, 2.24) is 0 Å². The Morgan fingerprint density at radius 1 is 1.50 bits per heavy atom. The van der Waals surface area contributed by atoms with Gasteiger partial charge >= 0.3 is 0 Å². The second-order valence-corrected chi connectivity index (χ2v) is 6.27. The molecule has 108 valence electrons. The van der Waals surface area contributed by atoms with Gasteiger partial charge in [-0.25, -0.2) is 0 Å². The molecule has 1 heterocycles. The van der Waals surface area contributed by atoms with Crippen LogP contribution < -0.4 is 10.2 Å². The van der Waals surface area contributed by atoms with Gasteiger partial charge in [0, 0.05) is 18.7 Å². The van der Waals surface area contributed by atoms with E-state index in [9.17, 15) is 9.59 Å². The minimum Gasteiger partial charge on any atom is -0.324 e. The van der Waals surface area contributed by atoms with Gasteiger partial charge in [-0.1, -0.05) is 11.6 Å². The first-order valence-corrected chi connectivity index (χ1v) is 8.13. The van der Waals surface area contributed by atoms with Crippen LogP contribution in [0.15, 0.2) is 18.2 Å². The summed E-state index contributed by atoms with van der Waals surface area (Å²) < 4.78 is 0. The highest BCUT2D eigenvalue weighted by Gasteiger charge is 2.22. The van der Waals surface area contributed by atoms with Crippen LogP contribution in [0.1, 0.15) is 19.8 Å². The van der Waals surface area contributed by atoms with E-state index in [2.05, 4.69) is 5.32 Å². The van der Waals surface area contributed by atoms with Gasteiger partial charge in [0.05, 0.1) is 16.0 Å². The van der Waals surface area contributed by atoms with Crippen molar-refractivity contribution in [2.24, 2.45) is 0 Å². The third-order valence-corrected chi connectivity index (χ3v) is 4.57. The maximum Gasteiger partial charge on any atom is 0.237 e. The number of nitrogens with one attached hydrogen (secondary N) is 1. The predicted molar refractivity (Wildman–Crippen MR) is 84.6 cm³/mol. The van der Waals surface area contributed by atoms with E-state index in [1.54, 1.807) is 23.1 Å². The zero-order valence-corrected chi connectivity index (χ0v) is 13.1. The Balaban J connectivity index is 2.20. The van der Waals surface area contributed by atoms with Crippen molar-refractivity contribution in [3.8, 4) is 0 Å². The summed E-state index contributed by atoms with van der Waals surface area (Å²) in [5.74, 6) is 0.0198. The number of carbonyl (C=O) groups is 2. The molecule has 6 heteroatoms. The molecule has 1 fully saturated rings. The topological polar surface area (TPSA) is 49.4 Å². The van der Waals surface area contributed by atoms with Gasteiger partial charge in [-0.15, -0.1) is 0 Å². The summed E-state index contributed by atoms with van der Waals surface area (Å²) in [5.41, 5.74) is 1.33. The van der Waals surface area contributed by atoms with E-state index in [0.29, 0.717) is 17.1 Å². The largest absolute Gasteiger partial charge is 0.324 e. The van der Waals surface area contributed by atoms with Crippen LogP contribution in [0.2, 0.25) is 5.02 Å². The molecule has 0 bridgehead atoms. The van der Waals surface area contributed by atoms with Crippen LogP contribution >= 0.6 is 23.4 Å². The molecule has 1 N–H and O–H groups in total. The lowest BCUT2D eigenvalue weighted by molar-refractivity contribution is -0.117. The van der Waals surface area contributed by atoms with Crippen LogP contribution in [0.5, 0.6) is 0 Å². The summed E-state index contributed by atoms with van der Waals surface area (Å²) >= 11 is 7.57. The van der Waals surface area contributed by atoms with Crippen LogP contribution in [-0.4, -0.2) is 29.9 Å². The second-order valence-electron chi connectivity index (χ2n) is 4.68. The standard InChI is InChI=1S/C14H17ClN2O2S/c1-9(20-2)14(19)16-12-8-10(5-6-11(12)15)17-7-3-4-13(17)18/h5-6,8-9H,3-4,7H2,1-2H3,(H,16,19)/t9-/m1/s1. The fraction of sp³-hybridized carbons (Fsp3) is 0.429. The van der Waals surface area contributed by atoms with Crippen LogP contribution in [-0.2, 0) is 9.59 Å². The Morgan fingerprint density at radius 3 is 2.85 bits per heavy atom. The summed E-state index contributed by atoms with van der Waals surface area (Å²) in [5, 5.41) is 3.13. The van der Waals surface area contributed by atoms with Crippen LogP contribution in [0.3, 0.4) is 0 Å². The van der Waals surface area contributed by atoms with Gasteiger partial charge in [-0.2, -0.15) is 11.8 Å². The Kier molecular flexibility index (Phi) is 4.94. The molecule has 1 aliphatic heterocycles. The summed E-state index contributed by atoms with van der Waals surface area (Å²) in [7, 11) is 0. The van der Waals surface area contributed by atoms with Crippen LogP contribution in [0, 0.1) is 0 Å². The van der Waals surface area contributed by atoms with Crippen molar-refractivity contribution in [2.75, 3.05) is 23.0 Å². The zero-order valence-electron chi connectivity index (χ0n) is 11.5. The molecule has 20 heavy (non-hydrogen) atoms. The molecule has 0 spiro atoms. The van der Waals surface area contributed by atoms with Crippen molar-refractivity contribution >= 4 is 46.6 Å². The zero-order chi connectivity index (χ0) is 14.7. The second kappa shape index (κ2) is 6.50. The average molecular weight is 313 g/mol. The number of hydrogen-bond donors (Lipinski definition) is 1. The van der Waals surface area contributed by atoms with Crippen LogP contribution in [0.4, 0.5) is 11.4 Å². The Bertz CT molecular complexity index is 536. The van der Waals surface area contributed by atoms with E-state index in [0.717, 1.165) is 18.7 Å². The molecule has 1 aromatic carbocycles. The lowest BCUT2D eigenvalue weighted by Gasteiger charge is -2.18. The molecule has 4 nitrogen and oxygen atoms in total. The number of benzene rings is 1. The molecule has 0 unspecified atom stereocenters. The number of carbonyl (C=O) groups excluding carboxylic acids is 2. The summed E-state index contributed by atoms with van der Waals surface area (Å²) in [6.45, 7) is 2.55. The highest BCUT2D eigenvalue weighted by molar-refractivity contribution is 7.99. The van der Waals surface area contributed by atoms with Crippen LogP contribution in [0.25, 0.3) is 0 Å². The smallest absolute Gasteiger partial charge is 0.237 e. The van der Waals surface area contributed by atoms with Crippen molar-refractivity contribution in [3.63, 3.8) is 0 Å². The number of amides is 2. The van der Waals surface area contributed by atoms with Gasteiger partial charge in [0.2, 0.25) is 11.8 Å². The Labute approximate surface area is 127 Å². The lowest BCUT2D eigenvalue weighted by atomic mass is 10.2. The molecule has 1 aliphatic rings. The SMILES string of the molecule is CS[C@H](C)C(=O)Nc1cc(N2CCCC2=O)ccc1Cl. The third kappa shape index (κ3) is 3.27. The molecular weight excluding hydrogens is 296 g/mol. The maximum absolute atomic E-state index is 11.9. The number of thioether (sulfide) groups is 1. The van der Waals surface area contributed by atoms with Crippen molar-refractivity contribution in [1.29, 1.82) is 0 Å². The van der Waals surface area contributed by atoms with Gasteiger partial charge in [0.15, 0.2) is 0 Å². The van der Waals surface area contributed by atoms with E-state index < -0.39 is 0 Å². The molecule has 1 saturated heterocycles. The fourth-order valence-corrected chi connectivity index (χ4v) is 2.48. The minimum atomic E-state index is -0.150. The van der Waals surface area contributed by atoms with Crippen molar-refractivity contribution in [2.45, 2.75) is 25.0 Å². The number of rotatable bonds is 4. The Morgan fingerprint density at radius 2 is 2.25 bits per heavy atom. The van der Waals surface area contributed by atoms with Crippen molar-refractivity contribution in [3.05, 3.63) is 23.2 Å². The monoisotopic (exact) mass is 312 g/mol. The molecule has 2 rings (SSSR count). The highest BCUT2D eigenvalue weighted by Crippen LogP contribution is 2.30. The van der Waals surface area contributed by atoms with Gasteiger partial charge < -0.3 is 10.2 Å². The number of nitrogens with zero attached hydrogens (tertiary/aromatic N) is 1. The Hall–Kier alpha value is -1.20. The van der Waals surface area contributed by atoms with Crippen molar-refractivity contribution < 1.29 is 9.59 Å². The first-order chi connectivity index (χ1) is 9.52. The molecule has 0 aliphatic carbocycles. The molecule has 0 radical (unpaired) electrons. The minimum absolute atomic E-state index is 0.0932. The number of hydrogen-bond acceptors (Lipinski definition) is 3. The quantitative estimate of drug-likeness (QED) is 0.929. The van der Waals surface area contributed by atoms with E-state index in [1.807, 2.05) is 13.2 Å². The number of anilines is 2. The van der Waals surface area contributed by atoms with Gasteiger partial charge in [0.1, 0.15) is 0 Å². The van der Waals surface area contributed by atoms with E-state index in [1.165, 1.54) is 11.8 Å². The molecule has 1 atom stereocenters. The van der Waals surface area contributed by atoms with E-state index in [-0.39, 0.29) is 17.1 Å². The summed E-state index contributed by atoms with van der Waals surface area (Å²) in [6, 6.07) is 5.28. The molecule has 0 aromatic heterocycles. The highest BCUT2D eigenvalue weighted by atomic mass is 35.5. The fourth-order valence-electron chi connectivity index (χ4n) is 2.04.